The lowest BCUT2D eigenvalue weighted by Crippen LogP contribution is -2.34. The molecule has 0 aliphatic carbocycles. The van der Waals surface area contributed by atoms with Crippen LogP contribution < -0.4 is 4.74 Å². The summed E-state index contributed by atoms with van der Waals surface area (Å²) in [6.45, 7) is 4.12. The van der Waals surface area contributed by atoms with Crippen molar-refractivity contribution in [3.63, 3.8) is 0 Å². The number of halogens is 1. The number of aromatic amines is 1. The first-order valence-electron chi connectivity index (χ1n) is 13.8. The number of hydrogen-bond donors (Lipinski definition) is 3. The Bertz CT molecular complexity index is 1730. The summed E-state index contributed by atoms with van der Waals surface area (Å²) in [5.41, 5.74) is 5.88. The number of imidazole rings is 1. The number of ether oxygens (including phenoxy) is 3. The predicted octanol–water partition coefficient (Wildman–Crippen LogP) is 4.35. The van der Waals surface area contributed by atoms with E-state index in [0.717, 1.165) is 27.9 Å². The second kappa shape index (κ2) is 10.5. The molecule has 3 aromatic heterocycles. The Hall–Kier alpha value is -3.80. The number of rotatable bonds is 7. The number of aliphatic hydroxyl groups excluding tert-OH is 1. The number of aromatic nitrogens is 5. The van der Waals surface area contributed by atoms with Crippen molar-refractivity contribution in [2.45, 2.75) is 50.3 Å². The Morgan fingerprint density at radius 2 is 1.69 bits per heavy atom. The van der Waals surface area contributed by atoms with Crippen molar-refractivity contribution >= 4 is 22.8 Å². The molecular formula is C31H30ClN5O5. The SMILES string of the molecule is CC(C)(O)Cc1cnn(-c2ccc(-c3ccc(-c4nc5nc(OC6CO[C@@H]7[C@H](O)CO[C@H]67)[nH]c5cc4Cl)cc3)cc2)c1. The van der Waals surface area contributed by atoms with Gasteiger partial charge in [-0.3, -0.25) is 0 Å². The van der Waals surface area contributed by atoms with Gasteiger partial charge in [0, 0.05) is 18.2 Å². The lowest BCUT2D eigenvalue weighted by Gasteiger charge is -2.15. The van der Waals surface area contributed by atoms with E-state index >= 15 is 0 Å². The molecule has 1 unspecified atom stereocenters. The summed E-state index contributed by atoms with van der Waals surface area (Å²) in [6.07, 6.45) is 2.53. The minimum Gasteiger partial charge on any atom is -0.456 e. The van der Waals surface area contributed by atoms with Crippen LogP contribution in [0.2, 0.25) is 5.02 Å². The highest BCUT2D eigenvalue weighted by molar-refractivity contribution is 6.33. The first-order chi connectivity index (χ1) is 20.2. The van der Waals surface area contributed by atoms with Crippen LogP contribution in [0.4, 0.5) is 0 Å². The van der Waals surface area contributed by atoms with Gasteiger partial charge in [0.05, 0.1) is 46.9 Å². The van der Waals surface area contributed by atoms with Gasteiger partial charge in [0.15, 0.2) is 11.8 Å². The highest BCUT2D eigenvalue weighted by Crippen LogP contribution is 2.33. The van der Waals surface area contributed by atoms with Crippen LogP contribution in [0.15, 0.2) is 67.0 Å². The number of hydrogen-bond acceptors (Lipinski definition) is 8. The molecule has 0 radical (unpaired) electrons. The zero-order chi connectivity index (χ0) is 29.0. The lowest BCUT2D eigenvalue weighted by atomic mass is 10.0. The molecule has 4 atom stereocenters. The van der Waals surface area contributed by atoms with Crippen molar-refractivity contribution in [1.29, 1.82) is 0 Å². The molecule has 42 heavy (non-hydrogen) atoms. The third-order valence-electron chi connectivity index (χ3n) is 7.55. The maximum atomic E-state index is 10.1. The van der Waals surface area contributed by atoms with E-state index in [4.69, 9.17) is 30.8 Å². The minimum absolute atomic E-state index is 0.233. The maximum Gasteiger partial charge on any atom is 0.296 e. The summed E-state index contributed by atoms with van der Waals surface area (Å²) in [6, 6.07) is 18.3. The molecule has 2 aliphatic rings. The van der Waals surface area contributed by atoms with E-state index < -0.39 is 11.7 Å². The van der Waals surface area contributed by atoms with Crippen molar-refractivity contribution < 1.29 is 24.4 Å². The Kier molecular flexibility index (Phi) is 6.75. The zero-order valence-electron chi connectivity index (χ0n) is 23.1. The number of H-pyrrole nitrogens is 1. The molecule has 2 aliphatic heterocycles. The number of pyridine rings is 1. The third-order valence-corrected chi connectivity index (χ3v) is 7.83. The molecular weight excluding hydrogens is 558 g/mol. The van der Waals surface area contributed by atoms with E-state index in [0.29, 0.717) is 40.9 Å². The van der Waals surface area contributed by atoms with Crippen molar-refractivity contribution in [2.24, 2.45) is 0 Å². The Morgan fingerprint density at radius 3 is 2.43 bits per heavy atom. The molecule has 11 heteroatoms. The summed E-state index contributed by atoms with van der Waals surface area (Å²) in [5.74, 6) is 0. The highest BCUT2D eigenvalue weighted by Gasteiger charge is 2.48. The van der Waals surface area contributed by atoms with Crippen LogP contribution in [0.5, 0.6) is 6.01 Å². The van der Waals surface area contributed by atoms with Crippen molar-refractivity contribution in [1.82, 2.24) is 24.7 Å². The summed E-state index contributed by atoms with van der Waals surface area (Å²) in [7, 11) is 0. The van der Waals surface area contributed by atoms with E-state index in [1.807, 2.05) is 47.3 Å². The van der Waals surface area contributed by atoms with Gasteiger partial charge in [-0.1, -0.05) is 48.0 Å². The molecule has 2 saturated heterocycles. The first kappa shape index (κ1) is 27.1. The number of fused-ring (bicyclic) bond motifs is 2. The number of nitrogens with one attached hydrogen (secondary N) is 1. The van der Waals surface area contributed by atoms with Crippen LogP contribution >= 0.6 is 11.6 Å². The molecule has 2 aromatic carbocycles. The molecule has 0 amide bonds. The van der Waals surface area contributed by atoms with Gasteiger partial charge >= 0.3 is 0 Å². The fraction of sp³-hybridized carbons (Fsp3) is 0.323. The van der Waals surface area contributed by atoms with E-state index in [1.54, 1.807) is 26.1 Å². The normalized spacial score (nSPS) is 22.1. The monoisotopic (exact) mass is 587 g/mol. The van der Waals surface area contributed by atoms with Crippen LogP contribution in [0.3, 0.4) is 0 Å². The van der Waals surface area contributed by atoms with Gasteiger partial charge in [-0.25, -0.2) is 9.67 Å². The Labute approximate surface area is 246 Å². The van der Waals surface area contributed by atoms with E-state index in [2.05, 4.69) is 27.2 Å². The average Bonchev–Trinajstić information content (AvgIpc) is 3.75. The predicted molar refractivity (Wildman–Crippen MR) is 157 cm³/mol. The molecule has 3 N–H and O–H groups in total. The standard InChI is InChI=1S/C31H30ClN5O5/c1-31(2,39)12-17-13-33-37(14-17)21-9-7-19(8-10-21)18-3-5-20(6-4-18)26-22(32)11-23-29(35-26)36-30(34-23)42-25-16-41-27-24(38)15-40-28(25)27/h3-11,13-14,24-25,27-28,38-39H,12,15-16H2,1-2H3,(H,34,35,36)/t24-,25?,27-,28-/m1/s1. The molecule has 5 aromatic rings. The van der Waals surface area contributed by atoms with Gasteiger partial charge < -0.3 is 29.4 Å². The molecule has 216 valence electrons. The topological polar surface area (TPSA) is 128 Å². The zero-order valence-corrected chi connectivity index (χ0v) is 23.8. The average molecular weight is 588 g/mol. The van der Waals surface area contributed by atoms with E-state index in [1.165, 1.54) is 0 Å². The van der Waals surface area contributed by atoms with Crippen molar-refractivity contribution in [3.05, 3.63) is 77.6 Å². The summed E-state index contributed by atoms with van der Waals surface area (Å²) >= 11 is 6.63. The van der Waals surface area contributed by atoms with E-state index in [9.17, 15) is 10.2 Å². The molecule has 10 nitrogen and oxygen atoms in total. The van der Waals surface area contributed by atoms with Gasteiger partial charge in [-0.05, 0) is 48.7 Å². The van der Waals surface area contributed by atoms with Gasteiger partial charge in [0.1, 0.15) is 18.3 Å². The van der Waals surface area contributed by atoms with Crippen LogP contribution in [-0.2, 0) is 15.9 Å². The smallest absolute Gasteiger partial charge is 0.296 e. The number of aliphatic hydroxyl groups is 2. The highest BCUT2D eigenvalue weighted by atomic mass is 35.5. The number of nitrogens with zero attached hydrogens (tertiary/aromatic N) is 4. The fourth-order valence-corrected chi connectivity index (χ4v) is 5.82. The fourth-order valence-electron chi connectivity index (χ4n) is 5.56. The van der Waals surface area contributed by atoms with Crippen LogP contribution in [0, 0.1) is 0 Å². The minimum atomic E-state index is -0.781. The van der Waals surface area contributed by atoms with Crippen molar-refractivity contribution in [3.8, 4) is 34.1 Å². The lowest BCUT2D eigenvalue weighted by molar-refractivity contribution is 0.00706. The van der Waals surface area contributed by atoms with Crippen LogP contribution in [0.25, 0.3) is 39.2 Å². The van der Waals surface area contributed by atoms with E-state index in [-0.39, 0.29) is 24.9 Å². The summed E-state index contributed by atoms with van der Waals surface area (Å²) < 4.78 is 19.1. The number of benzene rings is 2. The summed E-state index contributed by atoms with van der Waals surface area (Å²) in [5, 5.41) is 25.0. The molecule has 0 bridgehead atoms. The molecule has 0 spiro atoms. The molecule has 5 heterocycles. The van der Waals surface area contributed by atoms with Gasteiger partial charge in [0.25, 0.3) is 6.01 Å². The molecule has 0 saturated carbocycles. The Balaban J connectivity index is 1.07. The second-order valence-electron chi connectivity index (χ2n) is 11.5. The van der Waals surface area contributed by atoms with Gasteiger partial charge in [-0.2, -0.15) is 10.1 Å². The molecule has 2 fully saturated rings. The largest absolute Gasteiger partial charge is 0.456 e. The quantitative estimate of drug-likeness (QED) is 0.256. The maximum absolute atomic E-state index is 10.1. The van der Waals surface area contributed by atoms with Crippen LogP contribution in [-0.4, -0.2) is 78.2 Å². The first-order valence-corrected chi connectivity index (χ1v) is 14.2. The second-order valence-corrected chi connectivity index (χ2v) is 11.9. The Morgan fingerprint density at radius 1 is 1.00 bits per heavy atom. The summed E-state index contributed by atoms with van der Waals surface area (Å²) in [4.78, 5) is 12.3. The van der Waals surface area contributed by atoms with Gasteiger partial charge in [0.2, 0.25) is 0 Å². The molecule has 7 rings (SSSR count). The third kappa shape index (κ3) is 5.28. The van der Waals surface area contributed by atoms with Gasteiger partial charge in [-0.15, -0.1) is 0 Å². The van der Waals surface area contributed by atoms with Crippen LogP contribution in [0.1, 0.15) is 19.4 Å². The van der Waals surface area contributed by atoms with Crippen molar-refractivity contribution in [2.75, 3.05) is 13.2 Å².